The van der Waals surface area contributed by atoms with Crippen LogP contribution in [0.15, 0.2) is 18.2 Å². The first-order chi connectivity index (χ1) is 9.27. The Labute approximate surface area is 118 Å². The maximum absolute atomic E-state index is 13.7. The first-order valence-electron chi connectivity index (χ1n) is 5.94. The standard InChI is InChI=1S/C13H15F4NOS/c1-8(20-2)6-7-18-12(19)9-4-3-5-10(11(9)14)13(15,16)17/h3-5,8H,6-7H2,1-2H3,(H,18,19). The van der Waals surface area contributed by atoms with Crippen molar-refractivity contribution in [2.24, 2.45) is 0 Å². The first-order valence-corrected chi connectivity index (χ1v) is 7.23. The minimum absolute atomic E-state index is 0.288. The van der Waals surface area contributed by atoms with E-state index in [-0.39, 0.29) is 6.54 Å². The van der Waals surface area contributed by atoms with Crippen molar-refractivity contribution in [3.8, 4) is 0 Å². The molecule has 1 aromatic carbocycles. The lowest BCUT2D eigenvalue weighted by molar-refractivity contribution is -0.140. The molecule has 0 radical (unpaired) electrons. The summed E-state index contributed by atoms with van der Waals surface area (Å²) < 4.78 is 51.2. The zero-order valence-corrected chi connectivity index (χ0v) is 11.9. The largest absolute Gasteiger partial charge is 0.419 e. The second-order valence-electron chi connectivity index (χ2n) is 4.26. The molecule has 1 unspecified atom stereocenters. The second-order valence-corrected chi connectivity index (χ2v) is 5.53. The van der Waals surface area contributed by atoms with E-state index in [4.69, 9.17) is 0 Å². The second kappa shape index (κ2) is 6.97. The molecule has 20 heavy (non-hydrogen) atoms. The Balaban J connectivity index is 2.79. The van der Waals surface area contributed by atoms with Gasteiger partial charge in [0.05, 0.1) is 11.1 Å². The Morgan fingerprint density at radius 2 is 2.05 bits per heavy atom. The maximum atomic E-state index is 13.7. The van der Waals surface area contributed by atoms with Gasteiger partial charge in [0.25, 0.3) is 5.91 Å². The Morgan fingerprint density at radius 1 is 1.40 bits per heavy atom. The van der Waals surface area contributed by atoms with E-state index in [0.29, 0.717) is 17.7 Å². The number of hydrogen-bond donors (Lipinski definition) is 1. The summed E-state index contributed by atoms with van der Waals surface area (Å²) in [7, 11) is 0. The lowest BCUT2D eigenvalue weighted by atomic mass is 10.1. The van der Waals surface area contributed by atoms with Crippen LogP contribution in [0.5, 0.6) is 0 Å². The van der Waals surface area contributed by atoms with E-state index in [1.165, 1.54) is 0 Å². The van der Waals surface area contributed by atoms with E-state index in [1.807, 2.05) is 13.2 Å². The van der Waals surface area contributed by atoms with Crippen LogP contribution in [-0.2, 0) is 6.18 Å². The molecule has 0 aliphatic carbocycles. The number of carbonyl (C=O) groups excluding carboxylic acids is 1. The van der Waals surface area contributed by atoms with Gasteiger partial charge >= 0.3 is 6.18 Å². The van der Waals surface area contributed by atoms with E-state index in [9.17, 15) is 22.4 Å². The van der Waals surface area contributed by atoms with Gasteiger partial charge in [0.1, 0.15) is 5.82 Å². The van der Waals surface area contributed by atoms with Crippen molar-refractivity contribution in [3.63, 3.8) is 0 Å². The van der Waals surface area contributed by atoms with Gasteiger partial charge in [-0.05, 0) is 24.8 Å². The van der Waals surface area contributed by atoms with Gasteiger partial charge < -0.3 is 5.32 Å². The summed E-state index contributed by atoms with van der Waals surface area (Å²) in [6.45, 7) is 2.25. The van der Waals surface area contributed by atoms with Crippen LogP contribution in [0.3, 0.4) is 0 Å². The van der Waals surface area contributed by atoms with E-state index < -0.39 is 29.0 Å². The normalized spacial score (nSPS) is 13.1. The van der Waals surface area contributed by atoms with Crippen LogP contribution >= 0.6 is 11.8 Å². The highest BCUT2D eigenvalue weighted by Crippen LogP contribution is 2.32. The smallest absolute Gasteiger partial charge is 0.352 e. The lowest BCUT2D eigenvalue weighted by Crippen LogP contribution is -2.27. The van der Waals surface area contributed by atoms with Gasteiger partial charge in [-0.25, -0.2) is 4.39 Å². The summed E-state index contributed by atoms with van der Waals surface area (Å²) in [4.78, 5) is 11.7. The van der Waals surface area contributed by atoms with E-state index in [1.54, 1.807) is 11.8 Å². The average Bonchev–Trinajstić information content (AvgIpc) is 2.37. The molecule has 1 amide bonds. The molecule has 2 nitrogen and oxygen atoms in total. The van der Waals surface area contributed by atoms with Crippen LogP contribution in [0, 0.1) is 5.82 Å². The highest BCUT2D eigenvalue weighted by atomic mass is 32.2. The monoisotopic (exact) mass is 309 g/mol. The summed E-state index contributed by atoms with van der Waals surface area (Å²) in [5.74, 6) is -2.36. The van der Waals surface area contributed by atoms with Gasteiger partial charge in [0, 0.05) is 11.8 Å². The summed E-state index contributed by atoms with van der Waals surface area (Å²) in [5, 5.41) is 2.73. The minimum atomic E-state index is -4.81. The summed E-state index contributed by atoms with van der Waals surface area (Å²) in [6, 6.07) is 2.67. The third kappa shape index (κ3) is 4.40. The Kier molecular flexibility index (Phi) is 5.86. The fourth-order valence-electron chi connectivity index (χ4n) is 1.53. The molecule has 112 valence electrons. The maximum Gasteiger partial charge on any atom is 0.419 e. The van der Waals surface area contributed by atoms with E-state index in [0.717, 1.165) is 12.1 Å². The van der Waals surface area contributed by atoms with Gasteiger partial charge in [-0.15, -0.1) is 0 Å². The molecule has 0 fully saturated rings. The zero-order valence-electron chi connectivity index (χ0n) is 11.1. The fourth-order valence-corrected chi connectivity index (χ4v) is 1.88. The van der Waals surface area contributed by atoms with Crippen molar-refractivity contribution in [3.05, 3.63) is 35.1 Å². The fraction of sp³-hybridized carbons (Fsp3) is 0.462. The van der Waals surface area contributed by atoms with Crippen molar-refractivity contribution in [1.82, 2.24) is 5.32 Å². The van der Waals surface area contributed by atoms with Crippen LogP contribution < -0.4 is 5.32 Å². The molecule has 0 bridgehead atoms. The van der Waals surface area contributed by atoms with E-state index >= 15 is 0 Å². The van der Waals surface area contributed by atoms with Crippen molar-refractivity contribution in [1.29, 1.82) is 0 Å². The molecule has 0 heterocycles. The van der Waals surface area contributed by atoms with Crippen molar-refractivity contribution < 1.29 is 22.4 Å². The van der Waals surface area contributed by atoms with E-state index in [2.05, 4.69) is 5.32 Å². The number of benzene rings is 1. The molecular weight excluding hydrogens is 294 g/mol. The van der Waals surface area contributed by atoms with Gasteiger partial charge in [0.2, 0.25) is 0 Å². The third-order valence-electron chi connectivity index (χ3n) is 2.79. The molecule has 1 aromatic rings. The Morgan fingerprint density at radius 3 is 2.60 bits per heavy atom. The number of thioether (sulfide) groups is 1. The molecule has 0 aliphatic rings. The summed E-state index contributed by atoms with van der Waals surface area (Å²) in [5.41, 5.74) is -2.01. The Hall–Kier alpha value is -1.24. The van der Waals surface area contributed by atoms with Gasteiger partial charge in [-0.2, -0.15) is 24.9 Å². The number of nitrogens with one attached hydrogen (secondary N) is 1. The molecule has 1 N–H and O–H groups in total. The quantitative estimate of drug-likeness (QED) is 0.840. The lowest BCUT2D eigenvalue weighted by Gasteiger charge is -2.12. The highest BCUT2D eigenvalue weighted by molar-refractivity contribution is 7.99. The van der Waals surface area contributed by atoms with Gasteiger partial charge in [-0.3, -0.25) is 4.79 Å². The van der Waals surface area contributed by atoms with Crippen LogP contribution in [-0.4, -0.2) is 24.0 Å². The molecule has 1 atom stereocenters. The van der Waals surface area contributed by atoms with Gasteiger partial charge in [-0.1, -0.05) is 13.0 Å². The van der Waals surface area contributed by atoms with Crippen molar-refractivity contribution in [2.45, 2.75) is 24.8 Å². The van der Waals surface area contributed by atoms with Crippen LogP contribution in [0.4, 0.5) is 17.6 Å². The molecule has 1 rings (SSSR count). The van der Waals surface area contributed by atoms with Crippen molar-refractivity contribution in [2.75, 3.05) is 12.8 Å². The topological polar surface area (TPSA) is 29.1 Å². The number of carbonyl (C=O) groups is 1. The number of amides is 1. The van der Waals surface area contributed by atoms with Crippen LogP contribution in [0.1, 0.15) is 29.3 Å². The highest BCUT2D eigenvalue weighted by Gasteiger charge is 2.35. The van der Waals surface area contributed by atoms with Crippen LogP contribution in [0.2, 0.25) is 0 Å². The average molecular weight is 309 g/mol. The predicted octanol–water partition coefficient (Wildman–Crippen LogP) is 3.72. The molecule has 7 heteroatoms. The first kappa shape index (κ1) is 16.8. The zero-order chi connectivity index (χ0) is 15.3. The van der Waals surface area contributed by atoms with Crippen LogP contribution in [0.25, 0.3) is 0 Å². The molecule has 0 saturated heterocycles. The third-order valence-corrected chi connectivity index (χ3v) is 3.83. The SMILES string of the molecule is CSC(C)CCNC(=O)c1cccc(C(F)(F)F)c1F. The van der Waals surface area contributed by atoms with Gasteiger partial charge in [0.15, 0.2) is 0 Å². The number of alkyl halides is 3. The number of halogens is 4. The van der Waals surface area contributed by atoms with Crippen molar-refractivity contribution >= 4 is 17.7 Å². The Bertz CT molecular complexity index is 476. The molecule has 0 spiro atoms. The molecular formula is C13H15F4NOS. The summed E-state index contributed by atoms with van der Waals surface area (Å²) >= 11 is 1.61. The molecule has 0 aliphatic heterocycles. The molecule has 0 aromatic heterocycles. The summed E-state index contributed by atoms with van der Waals surface area (Å²) in [6.07, 6.45) is -2.24. The minimum Gasteiger partial charge on any atom is -0.352 e. The number of hydrogen-bond acceptors (Lipinski definition) is 2. The number of rotatable bonds is 5. The predicted molar refractivity (Wildman–Crippen MR) is 71.3 cm³/mol. The molecule has 0 saturated carbocycles.